The Balaban J connectivity index is 1.35. The van der Waals surface area contributed by atoms with Crippen molar-refractivity contribution in [3.05, 3.63) is 0 Å². The normalized spacial score (nSPS) is 32.3. The Morgan fingerprint density at radius 2 is 1.04 bits per heavy atom. The summed E-state index contributed by atoms with van der Waals surface area (Å²) in [4.78, 5) is 22.8. The first-order valence-electron chi connectivity index (χ1n) is 10.3. The van der Waals surface area contributed by atoms with Crippen molar-refractivity contribution in [1.29, 1.82) is 0 Å². The maximum absolute atomic E-state index is 13.2. The predicted molar refractivity (Wildman–Crippen MR) is 96.2 cm³/mol. The third-order valence-corrected chi connectivity index (χ3v) is 6.58. The summed E-state index contributed by atoms with van der Waals surface area (Å²) in [5.41, 5.74) is 0. The zero-order chi connectivity index (χ0) is 16.4. The molecule has 0 aliphatic carbocycles. The van der Waals surface area contributed by atoms with Crippen LogP contribution in [0.4, 0.5) is 4.79 Å². The number of likely N-dealkylation sites (tertiary alicyclic amines) is 4. The van der Waals surface area contributed by atoms with Gasteiger partial charge >= 0.3 is 6.03 Å². The van der Waals surface area contributed by atoms with Crippen LogP contribution in [-0.2, 0) is 0 Å². The lowest BCUT2D eigenvalue weighted by molar-refractivity contribution is 0.124. The van der Waals surface area contributed by atoms with E-state index in [0.29, 0.717) is 18.1 Å². The zero-order valence-electron chi connectivity index (χ0n) is 15.2. The molecule has 4 rings (SSSR count). The molecular formula is C19H34N4O. The first kappa shape index (κ1) is 16.6. The van der Waals surface area contributed by atoms with Gasteiger partial charge in [0.1, 0.15) is 0 Å². The lowest BCUT2D eigenvalue weighted by Crippen LogP contribution is -2.52. The molecule has 0 spiro atoms. The number of hydrogen-bond acceptors (Lipinski definition) is 3. The first-order valence-corrected chi connectivity index (χ1v) is 10.3. The maximum Gasteiger partial charge on any atom is 0.320 e. The average Bonchev–Trinajstić information content (AvgIpc) is 3.37. The number of carbonyl (C=O) groups excluding carboxylic acids is 1. The van der Waals surface area contributed by atoms with Crippen LogP contribution in [-0.4, -0.2) is 90.1 Å². The Labute approximate surface area is 146 Å². The molecule has 4 heterocycles. The Hall–Kier alpha value is -0.810. The Morgan fingerprint density at radius 3 is 1.46 bits per heavy atom. The Kier molecular flexibility index (Phi) is 5.28. The van der Waals surface area contributed by atoms with Gasteiger partial charge < -0.3 is 19.6 Å². The highest BCUT2D eigenvalue weighted by Gasteiger charge is 2.38. The Morgan fingerprint density at radius 1 is 0.625 bits per heavy atom. The predicted octanol–water partition coefficient (Wildman–Crippen LogP) is 2.23. The second-order valence-corrected chi connectivity index (χ2v) is 8.28. The minimum Gasteiger partial charge on any atom is -0.320 e. The van der Waals surface area contributed by atoms with Crippen molar-refractivity contribution in [1.82, 2.24) is 19.6 Å². The molecule has 0 aromatic heterocycles. The van der Waals surface area contributed by atoms with Crippen molar-refractivity contribution in [2.24, 2.45) is 0 Å². The first-order chi connectivity index (χ1) is 11.8. The molecule has 0 saturated carbocycles. The minimum absolute atomic E-state index is 0.346. The molecule has 5 heteroatoms. The van der Waals surface area contributed by atoms with E-state index in [1.165, 1.54) is 77.5 Å². The van der Waals surface area contributed by atoms with Gasteiger partial charge in [-0.2, -0.15) is 0 Å². The number of hydrogen-bond donors (Lipinski definition) is 0. The number of rotatable bonds is 4. The van der Waals surface area contributed by atoms with Crippen molar-refractivity contribution < 1.29 is 4.79 Å². The summed E-state index contributed by atoms with van der Waals surface area (Å²) in [5, 5.41) is 0. The van der Waals surface area contributed by atoms with Gasteiger partial charge in [-0.25, -0.2) is 4.79 Å². The topological polar surface area (TPSA) is 30.0 Å². The molecule has 4 aliphatic rings. The summed E-state index contributed by atoms with van der Waals surface area (Å²) in [6, 6.07) is 1.27. The molecular weight excluding hydrogens is 300 g/mol. The van der Waals surface area contributed by atoms with Crippen molar-refractivity contribution in [3.8, 4) is 0 Å². The van der Waals surface area contributed by atoms with Crippen molar-refractivity contribution in [2.75, 3.05) is 52.4 Å². The highest BCUT2D eigenvalue weighted by atomic mass is 16.2. The van der Waals surface area contributed by atoms with Crippen molar-refractivity contribution >= 4 is 6.03 Å². The van der Waals surface area contributed by atoms with E-state index in [9.17, 15) is 4.79 Å². The van der Waals surface area contributed by atoms with E-state index in [2.05, 4.69) is 19.6 Å². The van der Waals surface area contributed by atoms with E-state index in [-0.39, 0.29) is 0 Å². The fourth-order valence-corrected chi connectivity index (χ4v) is 5.25. The van der Waals surface area contributed by atoms with Crippen LogP contribution in [0.25, 0.3) is 0 Å². The van der Waals surface area contributed by atoms with Crippen LogP contribution in [0.5, 0.6) is 0 Å². The van der Waals surface area contributed by atoms with Gasteiger partial charge in [0, 0.05) is 38.3 Å². The van der Waals surface area contributed by atoms with E-state index in [0.717, 1.165) is 26.2 Å². The molecule has 0 aromatic carbocycles. The molecule has 0 radical (unpaired) electrons. The van der Waals surface area contributed by atoms with Crippen LogP contribution < -0.4 is 0 Å². The molecule has 0 unspecified atom stereocenters. The van der Waals surface area contributed by atoms with Gasteiger partial charge in [0.2, 0.25) is 0 Å². The summed E-state index contributed by atoms with van der Waals surface area (Å²) in [7, 11) is 0. The van der Waals surface area contributed by atoms with E-state index in [4.69, 9.17) is 0 Å². The lowest BCUT2D eigenvalue weighted by Gasteiger charge is -2.35. The molecule has 4 fully saturated rings. The highest BCUT2D eigenvalue weighted by molar-refractivity contribution is 5.76. The SMILES string of the molecule is O=C(N1CCC[C@@H]1CN1CCCC1)N1CCC[C@@H]1CN1CCCC1. The molecule has 4 aliphatic heterocycles. The summed E-state index contributed by atoms with van der Waals surface area (Å²) in [6.45, 7) is 9.11. The fraction of sp³-hybridized carbons (Fsp3) is 0.947. The number of amides is 2. The van der Waals surface area contributed by atoms with Gasteiger partial charge in [-0.05, 0) is 77.5 Å². The molecule has 0 aromatic rings. The summed E-state index contributed by atoms with van der Waals surface area (Å²) in [6.07, 6.45) is 10.1. The summed E-state index contributed by atoms with van der Waals surface area (Å²) >= 11 is 0. The van der Waals surface area contributed by atoms with E-state index in [1.807, 2.05) is 0 Å². The smallest absolute Gasteiger partial charge is 0.320 e. The molecule has 4 saturated heterocycles. The van der Waals surface area contributed by atoms with Crippen molar-refractivity contribution in [3.63, 3.8) is 0 Å². The van der Waals surface area contributed by atoms with Crippen LogP contribution >= 0.6 is 0 Å². The van der Waals surface area contributed by atoms with Crippen LogP contribution in [0.2, 0.25) is 0 Å². The van der Waals surface area contributed by atoms with Gasteiger partial charge in [0.05, 0.1) is 0 Å². The summed E-state index contributed by atoms with van der Waals surface area (Å²) < 4.78 is 0. The van der Waals surface area contributed by atoms with Crippen LogP contribution in [0.3, 0.4) is 0 Å². The van der Waals surface area contributed by atoms with Crippen LogP contribution in [0, 0.1) is 0 Å². The number of urea groups is 1. The molecule has 0 bridgehead atoms. The average molecular weight is 335 g/mol. The van der Waals surface area contributed by atoms with Crippen LogP contribution in [0.15, 0.2) is 0 Å². The highest BCUT2D eigenvalue weighted by Crippen LogP contribution is 2.26. The Bertz CT molecular complexity index is 393. The molecule has 0 N–H and O–H groups in total. The number of nitrogens with zero attached hydrogens (tertiary/aromatic N) is 4. The summed E-state index contributed by atoms with van der Waals surface area (Å²) in [5.74, 6) is 0. The molecule has 136 valence electrons. The van der Waals surface area contributed by atoms with Gasteiger partial charge in [-0.3, -0.25) is 0 Å². The van der Waals surface area contributed by atoms with Crippen molar-refractivity contribution in [2.45, 2.75) is 63.5 Å². The minimum atomic E-state index is 0.346. The van der Waals surface area contributed by atoms with E-state index >= 15 is 0 Å². The third kappa shape index (κ3) is 3.57. The molecule has 24 heavy (non-hydrogen) atoms. The van der Waals surface area contributed by atoms with Crippen LogP contribution in [0.1, 0.15) is 51.4 Å². The number of carbonyl (C=O) groups is 1. The van der Waals surface area contributed by atoms with Gasteiger partial charge in [0.25, 0.3) is 0 Å². The van der Waals surface area contributed by atoms with Gasteiger partial charge in [0.15, 0.2) is 0 Å². The van der Waals surface area contributed by atoms with Gasteiger partial charge in [-0.15, -0.1) is 0 Å². The van der Waals surface area contributed by atoms with E-state index < -0.39 is 0 Å². The molecule has 5 nitrogen and oxygen atoms in total. The lowest BCUT2D eigenvalue weighted by atomic mass is 10.2. The second kappa shape index (κ2) is 7.61. The third-order valence-electron chi connectivity index (χ3n) is 6.58. The quantitative estimate of drug-likeness (QED) is 0.790. The molecule has 2 amide bonds. The fourth-order valence-electron chi connectivity index (χ4n) is 5.25. The standard InChI is InChI=1S/C19H34N4O/c24-19(22-13-5-7-17(22)15-20-9-1-2-10-20)23-14-6-8-18(23)16-21-11-3-4-12-21/h17-18H,1-16H2/t17-,18-/m1/s1. The van der Waals surface area contributed by atoms with E-state index in [1.54, 1.807) is 0 Å². The maximum atomic E-state index is 13.2. The second-order valence-electron chi connectivity index (χ2n) is 8.28. The van der Waals surface area contributed by atoms with Gasteiger partial charge in [-0.1, -0.05) is 0 Å². The monoisotopic (exact) mass is 334 g/mol. The largest absolute Gasteiger partial charge is 0.320 e. The molecule has 2 atom stereocenters. The zero-order valence-corrected chi connectivity index (χ0v) is 15.2.